The Morgan fingerprint density at radius 3 is 2.67 bits per heavy atom. The molecule has 0 radical (unpaired) electrons. The highest BCUT2D eigenvalue weighted by Gasteiger charge is 2.54. The minimum absolute atomic E-state index is 0.141. The lowest BCUT2D eigenvalue weighted by Gasteiger charge is -2.27. The predicted molar refractivity (Wildman–Crippen MR) is 168 cm³/mol. The van der Waals surface area contributed by atoms with Crippen molar-refractivity contribution in [1.29, 1.82) is 0 Å². The predicted octanol–water partition coefficient (Wildman–Crippen LogP) is 4.80. The molecule has 5 aromatic rings. The molecule has 0 bridgehead atoms. The van der Waals surface area contributed by atoms with Crippen LogP contribution in [-0.2, 0) is 32.9 Å². The van der Waals surface area contributed by atoms with Gasteiger partial charge in [0.25, 0.3) is 5.56 Å². The first-order chi connectivity index (χ1) is 22.0. The Bertz CT molecular complexity index is 1890. The normalized spacial score (nSPS) is 19.6. The highest BCUT2D eigenvalue weighted by molar-refractivity contribution is 5.85. The Hall–Kier alpha value is -4.74. The van der Waals surface area contributed by atoms with E-state index in [0.717, 1.165) is 60.3 Å². The van der Waals surface area contributed by atoms with Gasteiger partial charge < -0.3 is 4.74 Å². The van der Waals surface area contributed by atoms with Crippen LogP contribution in [0.15, 0.2) is 71.5 Å². The fourth-order valence-electron chi connectivity index (χ4n) is 6.66. The number of aryl methyl sites for hydroxylation is 1. The maximum atomic E-state index is 14.2. The molecule has 0 spiro atoms. The Kier molecular flexibility index (Phi) is 7.72. The number of carbonyl (C=O) groups is 1. The molecule has 2 aliphatic rings. The van der Waals surface area contributed by atoms with Crippen LogP contribution < -0.4 is 5.56 Å². The van der Waals surface area contributed by atoms with E-state index in [2.05, 4.69) is 27.5 Å². The zero-order valence-corrected chi connectivity index (χ0v) is 25.4. The van der Waals surface area contributed by atoms with Gasteiger partial charge in [0.2, 0.25) is 11.4 Å². The van der Waals surface area contributed by atoms with Crippen molar-refractivity contribution >= 4 is 16.9 Å². The van der Waals surface area contributed by atoms with Gasteiger partial charge in [0, 0.05) is 31.0 Å². The standard InChI is InChI=1S/C34H35N7O4/c1-3-4-11-30-35-29-17-16-24(34(33(43)44-2)20-25-8-7-18-41(25)45-34)19-28(29)32(42)40(30)21-22-12-14-23(15-13-22)26-9-5-6-10-27(26)31-36-38-39-37-31/h5-6,9-10,12-17,19,25H,3-4,7-8,11,18,20-21H2,1-2H3,(H,36,37,38,39)/t25-,34+/m1/s1. The van der Waals surface area contributed by atoms with Gasteiger partial charge in [-0.1, -0.05) is 67.9 Å². The Balaban J connectivity index is 1.26. The van der Waals surface area contributed by atoms with Crippen LogP contribution >= 0.6 is 0 Å². The number of methoxy groups -OCH3 is 1. The number of hydrogen-bond donors (Lipinski definition) is 1. The molecule has 3 aromatic carbocycles. The summed E-state index contributed by atoms with van der Waals surface area (Å²) < 4.78 is 7.00. The number of H-pyrrole nitrogens is 1. The van der Waals surface area contributed by atoms with Gasteiger partial charge in [0.15, 0.2) is 0 Å². The summed E-state index contributed by atoms with van der Waals surface area (Å²) in [5, 5.41) is 16.9. The summed E-state index contributed by atoms with van der Waals surface area (Å²) in [6.45, 7) is 3.26. The number of unbranched alkanes of at least 4 members (excludes halogenated alkanes) is 1. The molecule has 45 heavy (non-hydrogen) atoms. The molecule has 0 unspecified atom stereocenters. The molecule has 2 saturated heterocycles. The minimum atomic E-state index is -1.28. The van der Waals surface area contributed by atoms with E-state index in [-0.39, 0.29) is 11.6 Å². The molecule has 2 aromatic heterocycles. The smallest absolute Gasteiger partial charge is 0.345 e. The number of esters is 1. The van der Waals surface area contributed by atoms with Crippen LogP contribution in [-0.4, -0.2) is 60.9 Å². The maximum absolute atomic E-state index is 14.2. The van der Waals surface area contributed by atoms with Crippen molar-refractivity contribution in [2.75, 3.05) is 13.7 Å². The summed E-state index contributed by atoms with van der Waals surface area (Å²) in [6.07, 6.45) is 5.06. The number of hydrogen-bond acceptors (Lipinski definition) is 9. The van der Waals surface area contributed by atoms with Gasteiger partial charge in [-0.25, -0.2) is 9.78 Å². The zero-order chi connectivity index (χ0) is 31.0. The van der Waals surface area contributed by atoms with Gasteiger partial charge in [0.05, 0.1) is 24.6 Å². The van der Waals surface area contributed by atoms with E-state index in [9.17, 15) is 9.59 Å². The second-order valence-corrected chi connectivity index (χ2v) is 11.8. The Morgan fingerprint density at radius 1 is 1.11 bits per heavy atom. The van der Waals surface area contributed by atoms with Gasteiger partial charge in [-0.05, 0) is 58.9 Å². The fraction of sp³-hybridized carbons (Fsp3) is 0.353. The second-order valence-electron chi connectivity index (χ2n) is 11.8. The third kappa shape index (κ3) is 5.21. The van der Waals surface area contributed by atoms with Crippen molar-refractivity contribution in [3.8, 4) is 22.5 Å². The fourth-order valence-corrected chi connectivity index (χ4v) is 6.66. The topological polar surface area (TPSA) is 128 Å². The van der Waals surface area contributed by atoms with Crippen LogP contribution in [0.25, 0.3) is 33.4 Å². The molecule has 2 aliphatic heterocycles. The van der Waals surface area contributed by atoms with Crippen molar-refractivity contribution < 1.29 is 14.4 Å². The number of benzene rings is 3. The van der Waals surface area contributed by atoms with Crippen LogP contribution in [0.5, 0.6) is 0 Å². The van der Waals surface area contributed by atoms with E-state index in [1.165, 1.54) is 7.11 Å². The molecule has 11 nitrogen and oxygen atoms in total. The van der Waals surface area contributed by atoms with Crippen LogP contribution in [0, 0.1) is 0 Å². The molecule has 2 atom stereocenters. The van der Waals surface area contributed by atoms with E-state index in [0.29, 0.717) is 41.7 Å². The lowest BCUT2D eigenvalue weighted by Crippen LogP contribution is -2.38. The molecule has 7 rings (SSSR count). The molecule has 1 N–H and O–H groups in total. The number of hydroxylamine groups is 2. The van der Waals surface area contributed by atoms with E-state index >= 15 is 0 Å². The first kappa shape index (κ1) is 29.0. The van der Waals surface area contributed by atoms with Crippen molar-refractivity contribution in [1.82, 2.24) is 35.2 Å². The van der Waals surface area contributed by atoms with Gasteiger partial charge in [0.1, 0.15) is 5.82 Å². The van der Waals surface area contributed by atoms with Crippen LogP contribution in [0.1, 0.15) is 56.0 Å². The molecule has 0 aliphatic carbocycles. The third-order valence-electron chi connectivity index (χ3n) is 9.01. The SMILES string of the molecule is CCCCc1nc2ccc([C@]3(C(=O)OC)C[C@H]4CCCN4O3)cc2c(=O)n1Cc1ccc(-c2ccccc2-c2nn[nH]n2)cc1. The molecule has 230 valence electrons. The number of aromatic nitrogens is 6. The zero-order valence-electron chi connectivity index (χ0n) is 25.4. The number of fused-ring (bicyclic) bond motifs is 2. The van der Waals surface area contributed by atoms with Crippen molar-refractivity contribution in [3.63, 3.8) is 0 Å². The van der Waals surface area contributed by atoms with Crippen LogP contribution in [0.3, 0.4) is 0 Å². The number of tetrazole rings is 1. The van der Waals surface area contributed by atoms with E-state index in [1.54, 1.807) is 10.6 Å². The highest BCUT2D eigenvalue weighted by atomic mass is 16.7. The largest absolute Gasteiger partial charge is 0.467 e. The lowest BCUT2D eigenvalue weighted by molar-refractivity contribution is -0.216. The first-order valence-corrected chi connectivity index (χ1v) is 15.5. The number of rotatable bonds is 9. The average molecular weight is 606 g/mol. The molecule has 2 fully saturated rings. The van der Waals surface area contributed by atoms with Gasteiger partial charge in [-0.15, -0.1) is 10.2 Å². The molecular formula is C34H35N7O4. The summed E-state index contributed by atoms with van der Waals surface area (Å²) in [5.41, 5.74) is 3.65. The number of nitrogens with zero attached hydrogens (tertiary/aromatic N) is 6. The van der Waals surface area contributed by atoms with Gasteiger partial charge in [-0.3, -0.25) is 14.2 Å². The summed E-state index contributed by atoms with van der Waals surface area (Å²) in [5.74, 6) is 0.819. The first-order valence-electron chi connectivity index (χ1n) is 15.5. The quantitative estimate of drug-likeness (QED) is 0.236. The molecule has 4 heterocycles. The number of ether oxygens (including phenoxy) is 1. The second kappa shape index (κ2) is 12.0. The number of nitrogens with one attached hydrogen (secondary N) is 1. The van der Waals surface area contributed by atoms with Crippen molar-refractivity contribution in [2.24, 2.45) is 0 Å². The van der Waals surface area contributed by atoms with Crippen LogP contribution in [0.4, 0.5) is 0 Å². The van der Waals surface area contributed by atoms with Gasteiger partial charge in [-0.2, -0.15) is 10.3 Å². The van der Waals surface area contributed by atoms with Gasteiger partial charge >= 0.3 is 5.97 Å². The van der Waals surface area contributed by atoms with E-state index in [1.807, 2.05) is 65.7 Å². The molecule has 0 amide bonds. The van der Waals surface area contributed by atoms with Crippen molar-refractivity contribution in [2.45, 2.75) is 63.6 Å². The van der Waals surface area contributed by atoms with Crippen molar-refractivity contribution in [3.05, 3.63) is 94.0 Å². The Morgan fingerprint density at radius 2 is 1.93 bits per heavy atom. The highest BCUT2D eigenvalue weighted by Crippen LogP contribution is 2.44. The molecule has 11 heteroatoms. The maximum Gasteiger partial charge on any atom is 0.345 e. The Labute approximate surface area is 260 Å². The molecule has 0 saturated carbocycles. The number of carbonyl (C=O) groups excluding carboxylic acids is 1. The summed E-state index contributed by atoms with van der Waals surface area (Å²) >= 11 is 0. The summed E-state index contributed by atoms with van der Waals surface area (Å²) in [7, 11) is 1.38. The minimum Gasteiger partial charge on any atom is -0.467 e. The van der Waals surface area contributed by atoms with E-state index in [4.69, 9.17) is 14.6 Å². The summed E-state index contributed by atoms with van der Waals surface area (Å²) in [4.78, 5) is 38.7. The monoisotopic (exact) mass is 605 g/mol. The lowest BCUT2D eigenvalue weighted by atomic mass is 9.87. The van der Waals surface area contributed by atoms with E-state index < -0.39 is 11.6 Å². The average Bonchev–Trinajstić information content (AvgIpc) is 3.84. The number of aromatic amines is 1. The summed E-state index contributed by atoms with van der Waals surface area (Å²) in [6, 6.07) is 21.7. The third-order valence-corrected chi connectivity index (χ3v) is 9.01. The molecular weight excluding hydrogens is 570 g/mol. The van der Waals surface area contributed by atoms with Crippen LogP contribution in [0.2, 0.25) is 0 Å².